The van der Waals surface area contributed by atoms with Crippen molar-refractivity contribution in [1.29, 1.82) is 0 Å². The van der Waals surface area contributed by atoms with Gasteiger partial charge in [-0.25, -0.2) is 9.18 Å². The highest BCUT2D eigenvalue weighted by atomic mass is 19.1. The number of aromatic carboxylic acids is 1. The van der Waals surface area contributed by atoms with E-state index >= 15 is 0 Å². The van der Waals surface area contributed by atoms with E-state index < -0.39 is 11.8 Å². The van der Waals surface area contributed by atoms with Crippen LogP contribution in [0.15, 0.2) is 42.7 Å². The van der Waals surface area contributed by atoms with Crippen LogP contribution in [0.1, 0.15) is 21.5 Å². The molecule has 0 aliphatic carbocycles. The van der Waals surface area contributed by atoms with Crippen LogP contribution in [0.5, 0.6) is 0 Å². The molecule has 86 valence electrons. The summed E-state index contributed by atoms with van der Waals surface area (Å²) >= 11 is 0. The van der Waals surface area contributed by atoms with E-state index in [-0.39, 0.29) is 5.56 Å². The van der Waals surface area contributed by atoms with Gasteiger partial charge >= 0.3 is 5.97 Å². The first kappa shape index (κ1) is 11.3. The highest BCUT2D eigenvalue weighted by molar-refractivity contribution is 5.89. The van der Waals surface area contributed by atoms with E-state index in [1.165, 1.54) is 6.07 Å². The lowest BCUT2D eigenvalue weighted by molar-refractivity contribution is 0.0691. The van der Waals surface area contributed by atoms with Crippen molar-refractivity contribution in [2.24, 2.45) is 0 Å². The average Bonchev–Trinajstić information content (AvgIpc) is 2.30. The standard InChI is InChI=1S/C13H10FNO2/c14-11-5-1-4-10(12(11)13(16)17)7-9-3-2-6-15-8-9/h1-6,8H,7H2,(H,16,17). The minimum absolute atomic E-state index is 0.267. The van der Waals surface area contributed by atoms with Crippen molar-refractivity contribution in [2.45, 2.75) is 6.42 Å². The molecule has 1 aromatic heterocycles. The lowest BCUT2D eigenvalue weighted by Gasteiger charge is -2.06. The number of hydrogen-bond donors (Lipinski definition) is 1. The zero-order valence-electron chi connectivity index (χ0n) is 8.93. The number of hydrogen-bond acceptors (Lipinski definition) is 2. The molecule has 4 heteroatoms. The van der Waals surface area contributed by atoms with Gasteiger partial charge in [0.2, 0.25) is 0 Å². The number of aromatic nitrogens is 1. The van der Waals surface area contributed by atoms with Crippen molar-refractivity contribution in [3.8, 4) is 0 Å². The molecule has 0 aliphatic rings. The maximum atomic E-state index is 13.4. The topological polar surface area (TPSA) is 50.2 Å². The van der Waals surface area contributed by atoms with Gasteiger partial charge in [0.1, 0.15) is 5.82 Å². The van der Waals surface area contributed by atoms with Crippen LogP contribution in [0.3, 0.4) is 0 Å². The Kier molecular flexibility index (Phi) is 3.14. The molecule has 0 aliphatic heterocycles. The van der Waals surface area contributed by atoms with E-state index in [4.69, 9.17) is 5.11 Å². The lowest BCUT2D eigenvalue weighted by Crippen LogP contribution is -2.06. The fourth-order valence-electron chi connectivity index (χ4n) is 1.68. The quantitative estimate of drug-likeness (QED) is 0.882. The fourth-order valence-corrected chi connectivity index (χ4v) is 1.68. The maximum Gasteiger partial charge on any atom is 0.338 e. The van der Waals surface area contributed by atoms with Crippen molar-refractivity contribution in [1.82, 2.24) is 4.98 Å². The van der Waals surface area contributed by atoms with Crippen LogP contribution in [0.2, 0.25) is 0 Å². The van der Waals surface area contributed by atoms with E-state index in [0.29, 0.717) is 12.0 Å². The molecule has 0 saturated carbocycles. The van der Waals surface area contributed by atoms with Gasteiger partial charge in [-0.3, -0.25) is 4.98 Å². The fraction of sp³-hybridized carbons (Fsp3) is 0.0769. The summed E-state index contributed by atoms with van der Waals surface area (Å²) in [6, 6.07) is 7.85. The summed E-state index contributed by atoms with van der Waals surface area (Å²) < 4.78 is 13.4. The van der Waals surface area contributed by atoms with Gasteiger partial charge in [0.15, 0.2) is 0 Å². The zero-order chi connectivity index (χ0) is 12.3. The molecule has 0 unspecified atom stereocenters. The molecule has 2 aromatic rings. The van der Waals surface area contributed by atoms with E-state index in [1.54, 1.807) is 24.5 Å². The molecule has 1 N–H and O–H groups in total. The number of benzene rings is 1. The smallest absolute Gasteiger partial charge is 0.338 e. The number of halogens is 1. The van der Waals surface area contributed by atoms with Crippen LogP contribution >= 0.6 is 0 Å². The number of carboxylic acid groups (broad SMARTS) is 1. The number of carboxylic acids is 1. The van der Waals surface area contributed by atoms with Crippen molar-refractivity contribution < 1.29 is 14.3 Å². The van der Waals surface area contributed by atoms with Gasteiger partial charge in [0.25, 0.3) is 0 Å². The van der Waals surface area contributed by atoms with Crippen molar-refractivity contribution in [2.75, 3.05) is 0 Å². The van der Waals surface area contributed by atoms with Crippen LogP contribution in [-0.4, -0.2) is 16.1 Å². The SMILES string of the molecule is O=C(O)c1c(F)cccc1Cc1cccnc1. The second-order valence-electron chi connectivity index (χ2n) is 3.62. The third kappa shape index (κ3) is 2.47. The first-order valence-electron chi connectivity index (χ1n) is 5.08. The van der Waals surface area contributed by atoms with Crippen LogP contribution in [0, 0.1) is 5.82 Å². The Bertz CT molecular complexity index is 540. The Balaban J connectivity index is 2.40. The van der Waals surface area contributed by atoms with Crippen LogP contribution in [-0.2, 0) is 6.42 Å². The van der Waals surface area contributed by atoms with E-state index in [0.717, 1.165) is 11.6 Å². The highest BCUT2D eigenvalue weighted by Crippen LogP contribution is 2.17. The molecule has 0 atom stereocenters. The molecule has 0 amide bonds. The zero-order valence-corrected chi connectivity index (χ0v) is 8.93. The van der Waals surface area contributed by atoms with E-state index in [1.807, 2.05) is 6.07 Å². The molecule has 0 saturated heterocycles. The highest BCUT2D eigenvalue weighted by Gasteiger charge is 2.15. The molecule has 0 spiro atoms. The molecule has 0 radical (unpaired) electrons. The van der Waals surface area contributed by atoms with Crippen LogP contribution in [0.25, 0.3) is 0 Å². The van der Waals surface area contributed by atoms with Gasteiger partial charge in [-0.2, -0.15) is 0 Å². The molecule has 0 bridgehead atoms. The average molecular weight is 231 g/mol. The second-order valence-corrected chi connectivity index (χ2v) is 3.62. The first-order chi connectivity index (χ1) is 8.18. The summed E-state index contributed by atoms with van der Waals surface area (Å²) in [5.74, 6) is -1.96. The number of carbonyl (C=O) groups is 1. The summed E-state index contributed by atoms with van der Waals surface area (Å²) in [4.78, 5) is 14.9. The van der Waals surface area contributed by atoms with Gasteiger partial charge in [0, 0.05) is 12.4 Å². The van der Waals surface area contributed by atoms with Crippen molar-refractivity contribution in [3.63, 3.8) is 0 Å². The molecule has 2 rings (SSSR count). The molecule has 1 heterocycles. The van der Waals surface area contributed by atoms with Crippen molar-refractivity contribution >= 4 is 5.97 Å². The minimum atomic E-state index is -1.25. The third-order valence-corrected chi connectivity index (χ3v) is 2.43. The van der Waals surface area contributed by atoms with Crippen LogP contribution < -0.4 is 0 Å². The summed E-state index contributed by atoms with van der Waals surface area (Å²) in [7, 11) is 0. The number of rotatable bonds is 3. The van der Waals surface area contributed by atoms with Gasteiger partial charge in [0.05, 0.1) is 5.56 Å². The Labute approximate surface area is 97.6 Å². The normalized spacial score (nSPS) is 10.2. The van der Waals surface area contributed by atoms with Gasteiger partial charge in [-0.1, -0.05) is 18.2 Å². The minimum Gasteiger partial charge on any atom is -0.478 e. The number of pyridine rings is 1. The van der Waals surface area contributed by atoms with Gasteiger partial charge in [-0.05, 0) is 29.7 Å². The van der Waals surface area contributed by atoms with Gasteiger partial charge in [-0.15, -0.1) is 0 Å². The third-order valence-electron chi connectivity index (χ3n) is 2.43. The van der Waals surface area contributed by atoms with E-state index in [9.17, 15) is 9.18 Å². The maximum absolute atomic E-state index is 13.4. The first-order valence-corrected chi connectivity index (χ1v) is 5.08. The summed E-state index contributed by atoms with van der Waals surface area (Å²) in [6.45, 7) is 0. The number of nitrogens with zero attached hydrogens (tertiary/aromatic N) is 1. The molecule has 0 fully saturated rings. The molecular weight excluding hydrogens is 221 g/mol. The predicted octanol–water partition coefficient (Wildman–Crippen LogP) is 2.51. The predicted molar refractivity (Wildman–Crippen MR) is 60.4 cm³/mol. The Morgan fingerprint density at radius 2 is 2.12 bits per heavy atom. The lowest BCUT2D eigenvalue weighted by atomic mass is 10.0. The summed E-state index contributed by atoms with van der Waals surface area (Å²) in [5.41, 5.74) is 1.03. The van der Waals surface area contributed by atoms with Crippen molar-refractivity contribution in [3.05, 3.63) is 65.2 Å². The molecule has 3 nitrogen and oxygen atoms in total. The molecule has 1 aromatic carbocycles. The van der Waals surface area contributed by atoms with E-state index in [2.05, 4.69) is 4.98 Å². The molecule has 17 heavy (non-hydrogen) atoms. The van der Waals surface area contributed by atoms with Crippen LogP contribution in [0.4, 0.5) is 4.39 Å². The largest absolute Gasteiger partial charge is 0.478 e. The Hall–Kier alpha value is -2.23. The summed E-state index contributed by atoms with van der Waals surface area (Å²) in [6.07, 6.45) is 3.62. The summed E-state index contributed by atoms with van der Waals surface area (Å²) in [5, 5.41) is 8.97. The van der Waals surface area contributed by atoms with Gasteiger partial charge < -0.3 is 5.11 Å². The second kappa shape index (κ2) is 4.74. The Morgan fingerprint density at radius 3 is 2.76 bits per heavy atom. The molecular formula is C13H10FNO2. The monoisotopic (exact) mass is 231 g/mol. The Morgan fingerprint density at radius 1 is 1.29 bits per heavy atom.